The van der Waals surface area contributed by atoms with Gasteiger partial charge in [0.05, 0.1) is 33.4 Å². The van der Waals surface area contributed by atoms with Gasteiger partial charge in [-0.15, -0.1) is 0 Å². The third kappa shape index (κ3) is 4.74. The average molecular weight is 512 g/mol. The molecule has 1 spiro atoms. The number of ether oxygens (including phenoxy) is 3. The highest BCUT2D eigenvalue weighted by Crippen LogP contribution is 2.39. The minimum absolute atomic E-state index is 0.173. The molecule has 3 aliphatic rings. The lowest BCUT2D eigenvalue weighted by molar-refractivity contribution is 0.0615. The Kier molecular flexibility index (Phi) is 7.02. The van der Waals surface area contributed by atoms with Crippen LogP contribution in [0.1, 0.15) is 29.9 Å². The first-order valence-electron chi connectivity index (χ1n) is 12.4. The number of anilines is 1. The second-order valence-electron chi connectivity index (χ2n) is 9.58. The summed E-state index contributed by atoms with van der Waals surface area (Å²) in [5.41, 5.74) is 7.59. The SMILES string of the molecule is COC(=O)N1CCC2(CC1)CN(c1ncc(C3CNNC3)c(OC)n1)C(=O)N2Cc1cccc(OC)c1. The summed E-state index contributed by atoms with van der Waals surface area (Å²) in [4.78, 5) is 40.5. The topological polar surface area (TPSA) is 121 Å². The van der Waals surface area contributed by atoms with Crippen LogP contribution in [0.3, 0.4) is 0 Å². The minimum Gasteiger partial charge on any atom is -0.497 e. The summed E-state index contributed by atoms with van der Waals surface area (Å²) >= 11 is 0. The fourth-order valence-corrected chi connectivity index (χ4v) is 5.43. The predicted molar refractivity (Wildman–Crippen MR) is 135 cm³/mol. The van der Waals surface area contributed by atoms with E-state index in [1.807, 2.05) is 29.2 Å². The van der Waals surface area contributed by atoms with E-state index in [-0.39, 0.29) is 18.0 Å². The van der Waals surface area contributed by atoms with Crippen LogP contribution in [0.5, 0.6) is 11.6 Å². The van der Waals surface area contributed by atoms with Crippen molar-refractivity contribution in [2.24, 2.45) is 0 Å². The van der Waals surface area contributed by atoms with Gasteiger partial charge >= 0.3 is 12.1 Å². The summed E-state index contributed by atoms with van der Waals surface area (Å²) in [6.45, 7) is 3.30. The first kappa shape index (κ1) is 25.0. The number of methoxy groups -OCH3 is 3. The number of likely N-dealkylation sites (tertiary alicyclic amines) is 1. The Morgan fingerprint density at radius 3 is 2.57 bits per heavy atom. The quantitative estimate of drug-likeness (QED) is 0.597. The lowest BCUT2D eigenvalue weighted by Crippen LogP contribution is -2.55. The largest absolute Gasteiger partial charge is 0.497 e. The van der Waals surface area contributed by atoms with E-state index in [1.54, 1.807) is 30.2 Å². The first-order valence-corrected chi connectivity index (χ1v) is 12.4. The summed E-state index contributed by atoms with van der Waals surface area (Å²) in [6.07, 6.45) is 2.63. The van der Waals surface area contributed by atoms with Crippen molar-refractivity contribution in [3.8, 4) is 11.6 Å². The molecule has 0 aliphatic carbocycles. The molecule has 12 heteroatoms. The molecule has 0 atom stereocenters. The van der Waals surface area contributed by atoms with Crippen molar-refractivity contribution in [1.29, 1.82) is 0 Å². The monoisotopic (exact) mass is 511 g/mol. The van der Waals surface area contributed by atoms with Crippen LogP contribution in [0, 0.1) is 0 Å². The molecule has 3 aliphatic heterocycles. The Labute approximate surface area is 215 Å². The van der Waals surface area contributed by atoms with E-state index < -0.39 is 5.54 Å². The van der Waals surface area contributed by atoms with Gasteiger partial charge in [0.2, 0.25) is 11.8 Å². The number of hydrogen-bond donors (Lipinski definition) is 2. The van der Waals surface area contributed by atoms with E-state index in [4.69, 9.17) is 14.2 Å². The molecule has 2 N–H and O–H groups in total. The number of carbonyl (C=O) groups excluding carboxylic acids is 2. The summed E-state index contributed by atoms with van der Waals surface area (Å²) in [5.74, 6) is 1.69. The van der Waals surface area contributed by atoms with Crippen molar-refractivity contribution in [3.05, 3.63) is 41.6 Å². The van der Waals surface area contributed by atoms with E-state index in [1.165, 1.54) is 7.11 Å². The third-order valence-electron chi connectivity index (χ3n) is 7.55. The molecule has 0 saturated carbocycles. The number of aromatic nitrogens is 2. The second kappa shape index (κ2) is 10.4. The Balaban J connectivity index is 1.45. The Morgan fingerprint density at radius 2 is 1.89 bits per heavy atom. The smallest absolute Gasteiger partial charge is 0.409 e. The van der Waals surface area contributed by atoms with Gasteiger partial charge in [-0.25, -0.2) is 14.6 Å². The standard InChI is InChI=1S/C25H33N7O5/c1-35-19-6-4-5-17(11-19)15-32-23(33)31(16-25(32)7-9-30(10-8-25)24(34)37-3)22-26-14-20(21(29-22)36-2)18-12-27-28-13-18/h4-6,11,14,18,27-28H,7-10,12-13,15-16H2,1-3H3. The molecule has 3 amide bonds. The third-order valence-corrected chi connectivity index (χ3v) is 7.55. The Bertz CT molecular complexity index is 1150. The fourth-order valence-electron chi connectivity index (χ4n) is 5.43. The van der Waals surface area contributed by atoms with E-state index in [2.05, 4.69) is 20.8 Å². The first-order chi connectivity index (χ1) is 18.0. The van der Waals surface area contributed by atoms with Crippen LogP contribution in [-0.2, 0) is 11.3 Å². The van der Waals surface area contributed by atoms with Gasteiger partial charge in [0, 0.05) is 50.4 Å². The number of piperidine rings is 1. The number of nitrogens with one attached hydrogen (secondary N) is 2. The van der Waals surface area contributed by atoms with Crippen molar-refractivity contribution in [2.75, 3.05) is 59.0 Å². The zero-order chi connectivity index (χ0) is 26.0. The number of urea groups is 1. The molecule has 3 saturated heterocycles. The maximum atomic E-state index is 13.9. The maximum absolute atomic E-state index is 13.9. The van der Waals surface area contributed by atoms with E-state index in [0.717, 1.165) is 30.0 Å². The molecule has 0 unspecified atom stereocenters. The van der Waals surface area contributed by atoms with Gasteiger partial charge in [-0.3, -0.25) is 15.8 Å². The summed E-state index contributed by atoms with van der Waals surface area (Å²) < 4.78 is 15.9. The van der Waals surface area contributed by atoms with Gasteiger partial charge in [-0.2, -0.15) is 4.98 Å². The molecule has 1 aromatic heterocycles. The van der Waals surface area contributed by atoms with Gasteiger partial charge in [0.15, 0.2) is 0 Å². The zero-order valence-electron chi connectivity index (χ0n) is 21.4. The number of amides is 3. The van der Waals surface area contributed by atoms with Gasteiger partial charge in [0.25, 0.3) is 0 Å². The molecule has 1 aromatic carbocycles. The molecule has 37 heavy (non-hydrogen) atoms. The van der Waals surface area contributed by atoms with Crippen LogP contribution in [-0.4, -0.2) is 91.5 Å². The van der Waals surface area contributed by atoms with Gasteiger partial charge in [-0.05, 0) is 30.5 Å². The van der Waals surface area contributed by atoms with Gasteiger partial charge < -0.3 is 24.0 Å². The van der Waals surface area contributed by atoms with Crippen LogP contribution in [0.25, 0.3) is 0 Å². The molecule has 0 bridgehead atoms. The number of rotatable bonds is 6. The minimum atomic E-state index is -0.487. The number of nitrogens with zero attached hydrogens (tertiary/aromatic N) is 5. The lowest BCUT2D eigenvalue weighted by Gasteiger charge is -2.43. The molecule has 0 radical (unpaired) electrons. The van der Waals surface area contributed by atoms with Crippen LogP contribution in [0.4, 0.5) is 15.5 Å². The number of carbonyl (C=O) groups is 2. The maximum Gasteiger partial charge on any atom is 0.409 e. The highest BCUT2D eigenvalue weighted by molar-refractivity contribution is 5.94. The number of hydrogen-bond acceptors (Lipinski definition) is 9. The summed E-state index contributed by atoms with van der Waals surface area (Å²) in [5, 5.41) is 0. The second-order valence-corrected chi connectivity index (χ2v) is 9.58. The van der Waals surface area contributed by atoms with Crippen molar-refractivity contribution < 1.29 is 23.8 Å². The highest BCUT2D eigenvalue weighted by atomic mass is 16.5. The van der Waals surface area contributed by atoms with Crippen molar-refractivity contribution >= 4 is 18.1 Å². The van der Waals surface area contributed by atoms with Crippen LogP contribution in [0.2, 0.25) is 0 Å². The summed E-state index contributed by atoms with van der Waals surface area (Å²) in [6, 6.07) is 7.54. The molecule has 2 aromatic rings. The molecule has 198 valence electrons. The average Bonchev–Trinajstić information content (AvgIpc) is 3.56. The van der Waals surface area contributed by atoms with Crippen molar-refractivity contribution in [1.82, 2.24) is 30.6 Å². The molecule has 4 heterocycles. The van der Waals surface area contributed by atoms with Crippen LogP contribution < -0.4 is 25.2 Å². The molecule has 5 rings (SSSR count). The molecular weight excluding hydrogens is 478 g/mol. The Morgan fingerprint density at radius 1 is 1.14 bits per heavy atom. The highest BCUT2D eigenvalue weighted by Gasteiger charge is 2.52. The van der Waals surface area contributed by atoms with Crippen LogP contribution >= 0.6 is 0 Å². The van der Waals surface area contributed by atoms with E-state index in [9.17, 15) is 9.59 Å². The normalized spacial score (nSPS) is 19.5. The lowest BCUT2D eigenvalue weighted by atomic mass is 9.86. The van der Waals surface area contributed by atoms with E-state index >= 15 is 0 Å². The Hall–Kier alpha value is -3.64. The van der Waals surface area contributed by atoms with Crippen molar-refractivity contribution in [3.63, 3.8) is 0 Å². The molecule has 3 fully saturated rings. The van der Waals surface area contributed by atoms with Gasteiger partial charge in [0.1, 0.15) is 5.75 Å². The molecule has 12 nitrogen and oxygen atoms in total. The van der Waals surface area contributed by atoms with Crippen LogP contribution in [0.15, 0.2) is 30.5 Å². The van der Waals surface area contributed by atoms with E-state index in [0.29, 0.717) is 50.8 Å². The predicted octanol–water partition coefficient (Wildman–Crippen LogP) is 1.73. The zero-order valence-corrected chi connectivity index (χ0v) is 21.4. The fraction of sp³-hybridized carbons (Fsp3) is 0.520. The number of benzene rings is 1. The number of hydrazine groups is 1. The van der Waals surface area contributed by atoms with Crippen molar-refractivity contribution in [2.45, 2.75) is 30.8 Å². The summed E-state index contributed by atoms with van der Waals surface area (Å²) in [7, 11) is 4.59. The molecular formula is C25H33N7O5. The van der Waals surface area contributed by atoms with Gasteiger partial charge in [-0.1, -0.05) is 12.1 Å².